The quantitative estimate of drug-likeness (QED) is 0.153. The molecular weight excluding hydrogens is 737 g/mol. The van der Waals surface area contributed by atoms with Crippen molar-refractivity contribution < 1.29 is 0 Å². The van der Waals surface area contributed by atoms with Gasteiger partial charge < -0.3 is 9.47 Å². The van der Waals surface area contributed by atoms with Crippen molar-refractivity contribution in [3.05, 3.63) is 223 Å². The normalized spacial score (nSPS) is 15.7. The van der Waals surface area contributed by atoms with E-state index in [0.717, 1.165) is 5.69 Å². The third kappa shape index (κ3) is 5.63. The largest absolute Gasteiger partial charge is 0.333 e. The second-order valence-corrected chi connectivity index (χ2v) is 17.0. The van der Waals surface area contributed by atoms with Crippen molar-refractivity contribution in [1.82, 2.24) is 4.57 Å². The van der Waals surface area contributed by atoms with Crippen LogP contribution in [-0.4, -0.2) is 10.6 Å². The summed E-state index contributed by atoms with van der Waals surface area (Å²) in [5.74, 6) is 0.805. The van der Waals surface area contributed by atoms with Crippen molar-refractivity contribution in [3.8, 4) is 39.1 Å². The van der Waals surface area contributed by atoms with Crippen LogP contribution in [0.25, 0.3) is 82.4 Å². The van der Waals surface area contributed by atoms with Crippen molar-refractivity contribution in [2.75, 3.05) is 4.90 Å². The first-order valence-corrected chi connectivity index (χ1v) is 21.6. The van der Waals surface area contributed by atoms with Crippen LogP contribution >= 0.6 is 0 Å². The van der Waals surface area contributed by atoms with Gasteiger partial charge in [-0.3, -0.25) is 0 Å². The Morgan fingerprint density at radius 3 is 1.61 bits per heavy atom. The molecule has 2 nitrogen and oxygen atoms in total. The van der Waals surface area contributed by atoms with E-state index < -0.39 is 0 Å². The monoisotopic (exact) mass is 780 g/mol. The highest BCUT2D eigenvalue weighted by Gasteiger charge is 2.37. The van der Waals surface area contributed by atoms with Gasteiger partial charge in [-0.2, -0.15) is 0 Å². The zero-order chi connectivity index (χ0) is 40.6. The van der Waals surface area contributed by atoms with Gasteiger partial charge in [-0.05, 0) is 127 Å². The molecule has 9 aromatic carbocycles. The SMILES string of the molecule is CC(C)c1ccc2c(c1)c1cc(-c3ccc(N4c5ccccc5C5C=CC=CC54)cc3)ccc1n2-c1ccc(-c2c3ccccc3c(-c3ccccc3)c3ccccc23)cc1. The Hall–Kier alpha value is -7.42. The van der Waals surface area contributed by atoms with Gasteiger partial charge in [-0.1, -0.05) is 172 Å². The van der Waals surface area contributed by atoms with Crippen molar-refractivity contribution in [2.24, 2.45) is 0 Å². The van der Waals surface area contributed by atoms with E-state index in [2.05, 4.69) is 236 Å². The van der Waals surface area contributed by atoms with E-state index in [1.165, 1.54) is 99.2 Å². The molecule has 12 rings (SSSR count). The number of benzene rings is 9. The third-order valence-corrected chi connectivity index (χ3v) is 13.3. The molecule has 2 heteroatoms. The van der Waals surface area contributed by atoms with Gasteiger partial charge in [0.2, 0.25) is 0 Å². The van der Waals surface area contributed by atoms with Crippen LogP contribution in [0.1, 0.15) is 36.8 Å². The first kappa shape index (κ1) is 35.5. The van der Waals surface area contributed by atoms with E-state index >= 15 is 0 Å². The Bertz CT molecular complexity index is 3330. The van der Waals surface area contributed by atoms with E-state index in [1.54, 1.807) is 0 Å². The number of allylic oxidation sites excluding steroid dienone is 2. The molecule has 2 atom stereocenters. The summed E-state index contributed by atoms with van der Waals surface area (Å²) in [5.41, 5.74) is 16.3. The molecule has 0 spiro atoms. The van der Waals surface area contributed by atoms with Gasteiger partial charge in [0.1, 0.15) is 0 Å². The van der Waals surface area contributed by atoms with Gasteiger partial charge in [0.15, 0.2) is 0 Å². The summed E-state index contributed by atoms with van der Waals surface area (Å²) >= 11 is 0. The summed E-state index contributed by atoms with van der Waals surface area (Å²) in [4.78, 5) is 2.50. The Kier molecular flexibility index (Phi) is 8.21. The molecular formula is C59H44N2. The standard InChI is InChI=1S/C59H44N2/c1-38(2)42-28-34-56-52(36-42)53-37-43(39-24-30-44(31-25-39)60-54-22-12-10-16-46(54)47-17-11-13-23-55(47)60)29-35-57(53)61(56)45-32-26-41(27-33-45)59-50-20-8-6-18-48(50)58(40-14-4-3-5-15-40)49-19-7-9-21-51(49)59/h3-38,46,54H,1-2H3. The van der Waals surface area contributed by atoms with Crippen molar-refractivity contribution in [3.63, 3.8) is 0 Å². The molecule has 61 heavy (non-hydrogen) atoms. The lowest BCUT2D eigenvalue weighted by atomic mass is 9.86. The molecule has 10 aromatic rings. The van der Waals surface area contributed by atoms with Crippen molar-refractivity contribution >= 4 is 54.7 Å². The molecule has 1 aromatic heterocycles. The number of fused-ring (bicyclic) bond motifs is 8. The molecule has 0 saturated heterocycles. The fourth-order valence-corrected chi connectivity index (χ4v) is 10.4. The van der Waals surface area contributed by atoms with Gasteiger partial charge >= 0.3 is 0 Å². The molecule has 2 aliphatic rings. The summed E-state index contributed by atoms with van der Waals surface area (Å²) in [7, 11) is 0. The lowest BCUT2D eigenvalue weighted by Crippen LogP contribution is -2.28. The number of nitrogens with zero attached hydrogens (tertiary/aromatic N) is 2. The highest BCUT2D eigenvalue weighted by atomic mass is 15.2. The number of hydrogen-bond donors (Lipinski definition) is 0. The second-order valence-electron chi connectivity index (χ2n) is 17.0. The van der Waals surface area contributed by atoms with Gasteiger partial charge in [-0.15, -0.1) is 0 Å². The number of aromatic nitrogens is 1. The number of rotatable bonds is 6. The molecule has 0 bridgehead atoms. The van der Waals surface area contributed by atoms with Gasteiger partial charge in [0, 0.05) is 33.8 Å². The van der Waals surface area contributed by atoms with Crippen LogP contribution in [0.5, 0.6) is 0 Å². The number of para-hydroxylation sites is 1. The average molecular weight is 781 g/mol. The Morgan fingerprint density at radius 1 is 0.410 bits per heavy atom. The van der Waals surface area contributed by atoms with E-state index in [0.29, 0.717) is 17.9 Å². The van der Waals surface area contributed by atoms with Crippen molar-refractivity contribution in [1.29, 1.82) is 0 Å². The topological polar surface area (TPSA) is 8.17 Å². The molecule has 0 amide bonds. The first-order valence-electron chi connectivity index (χ1n) is 21.6. The lowest BCUT2D eigenvalue weighted by molar-refractivity contribution is 0.745. The summed E-state index contributed by atoms with van der Waals surface area (Å²) in [6.45, 7) is 4.57. The third-order valence-electron chi connectivity index (χ3n) is 13.3. The second kappa shape index (κ2) is 14.1. The maximum atomic E-state index is 2.50. The predicted molar refractivity (Wildman–Crippen MR) is 260 cm³/mol. The van der Waals surface area contributed by atoms with E-state index in [1.807, 2.05) is 0 Å². The Balaban J connectivity index is 0.960. The molecule has 2 heterocycles. The molecule has 0 fully saturated rings. The number of anilines is 2. The average Bonchev–Trinajstić information content (AvgIpc) is 3.83. The van der Waals surface area contributed by atoms with Crippen molar-refractivity contribution in [2.45, 2.75) is 31.7 Å². The summed E-state index contributed by atoms with van der Waals surface area (Å²) in [5, 5.41) is 7.64. The van der Waals surface area contributed by atoms with Gasteiger partial charge in [0.05, 0.1) is 17.1 Å². The van der Waals surface area contributed by atoms with Gasteiger partial charge in [0.25, 0.3) is 0 Å². The molecule has 0 N–H and O–H groups in total. The minimum atomic E-state index is 0.291. The highest BCUT2D eigenvalue weighted by Crippen LogP contribution is 2.48. The molecule has 1 aliphatic carbocycles. The molecule has 290 valence electrons. The maximum absolute atomic E-state index is 2.50. The number of hydrogen-bond acceptors (Lipinski definition) is 1. The zero-order valence-electron chi connectivity index (χ0n) is 34.3. The van der Waals surface area contributed by atoms with Crippen LogP contribution < -0.4 is 4.90 Å². The van der Waals surface area contributed by atoms with Crippen LogP contribution in [0.3, 0.4) is 0 Å². The zero-order valence-corrected chi connectivity index (χ0v) is 34.3. The lowest BCUT2D eigenvalue weighted by Gasteiger charge is -2.28. The fourth-order valence-electron chi connectivity index (χ4n) is 10.4. The van der Waals surface area contributed by atoms with E-state index in [4.69, 9.17) is 0 Å². The van der Waals surface area contributed by atoms with Crippen LogP contribution in [0.15, 0.2) is 212 Å². The predicted octanol–water partition coefficient (Wildman–Crippen LogP) is 15.9. The molecule has 0 radical (unpaired) electrons. The van der Waals surface area contributed by atoms with Gasteiger partial charge in [-0.25, -0.2) is 0 Å². The fraction of sp³-hybridized carbons (Fsp3) is 0.0847. The van der Waals surface area contributed by atoms with Crippen LogP contribution in [0.4, 0.5) is 11.4 Å². The van der Waals surface area contributed by atoms with Crippen LogP contribution in [0.2, 0.25) is 0 Å². The minimum Gasteiger partial charge on any atom is -0.333 e. The van der Waals surface area contributed by atoms with Crippen LogP contribution in [0, 0.1) is 0 Å². The van der Waals surface area contributed by atoms with E-state index in [9.17, 15) is 0 Å². The first-order chi connectivity index (χ1) is 30.1. The Morgan fingerprint density at radius 2 is 0.934 bits per heavy atom. The minimum absolute atomic E-state index is 0.291. The summed E-state index contributed by atoms with van der Waals surface area (Å²) in [6.07, 6.45) is 9.06. The smallest absolute Gasteiger partial charge is 0.0629 e. The molecule has 2 unspecified atom stereocenters. The Labute approximate surface area is 357 Å². The van der Waals surface area contributed by atoms with E-state index in [-0.39, 0.29) is 0 Å². The van der Waals surface area contributed by atoms with Crippen LogP contribution in [-0.2, 0) is 0 Å². The maximum Gasteiger partial charge on any atom is 0.0629 e. The summed E-state index contributed by atoms with van der Waals surface area (Å²) in [6, 6.07) is 70.3. The molecule has 0 saturated carbocycles. The summed E-state index contributed by atoms with van der Waals surface area (Å²) < 4.78 is 2.45. The molecule has 1 aliphatic heterocycles. The highest BCUT2D eigenvalue weighted by molar-refractivity contribution is 6.21.